The third-order valence-electron chi connectivity index (χ3n) is 16.0. The van der Waals surface area contributed by atoms with Gasteiger partial charge in [-0.1, -0.05) is 334 Å². The molecule has 0 fully saturated rings. The number of esters is 1. The van der Waals surface area contributed by atoms with E-state index >= 15 is 0 Å². The second-order valence-electron chi connectivity index (χ2n) is 23.5. The van der Waals surface area contributed by atoms with Crippen LogP contribution in [0.3, 0.4) is 0 Å². The van der Waals surface area contributed by atoms with E-state index in [1.807, 2.05) is 6.08 Å². The fraction of sp³-hybridized carbons (Fsp3) is 0.913. The summed E-state index contributed by atoms with van der Waals surface area (Å²) in [6.45, 7) is 4.91. The minimum absolute atomic E-state index is 0.0106. The maximum Gasteiger partial charge on any atom is 0.305 e. The molecule has 0 aromatic carbocycles. The lowest BCUT2D eigenvalue weighted by Crippen LogP contribution is -2.45. The maximum absolute atomic E-state index is 12.5. The molecule has 0 aromatic rings. The normalized spacial score (nSPS) is 12.6. The van der Waals surface area contributed by atoms with E-state index in [0.29, 0.717) is 19.4 Å². The SMILES string of the molecule is CCCCC/C=C\CCCCCCCC(=O)OCCCCCCCCCCCCCCCCCCCCCCCCCCCCCCCCCC(=O)NC(CO)C(O)/C=C/CCCCCCCCCCCCCCC. The molecule has 0 radical (unpaired) electrons. The molecule has 2 unspecified atom stereocenters. The van der Waals surface area contributed by atoms with Crippen LogP contribution in [0.1, 0.15) is 380 Å². The summed E-state index contributed by atoms with van der Waals surface area (Å²) in [6.07, 6.45) is 81.1. The molecule has 0 spiro atoms. The Morgan fingerprint density at radius 1 is 0.360 bits per heavy atom. The Morgan fingerprint density at radius 2 is 0.627 bits per heavy atom. The highest BCUT2D eigenvalue weighted by atomic mass is 16.5. The van der Waals surface area contributed by atoms with Crippen molar-refractivity contribution in [1.29, 1.82) is 0 Å². The number of aliphatic hydroxyl groups is 2. The molecule has 0 aliphatic rings. The molecular formula is C69H133NO5. The summed E-state index contributed by atoms with van der Waals surface area (Å²) in [4.78, 5) is 24.5. The highest BCUT2D eigenvalue weighted by Gasteiger charge is 2.18. The third kappa shape index (κ3) is 61.4. The Labute approximate surface area is 469 Å². The zero-order valence-corrected chi connectivity index (χ0v) is 50.8. The standard InChI is InChI=1S/C69H133NO5/c1-3-5-7-9-11-13-15-17-35-38-41-45-49-53-57-61-67(72)66(65-71)70-68(73)62-58-54-50-46-42-39-36-33-31-29-27-25-23-21-19-18-20-22-24-26-28-30-32-34-37-40-44-48-52-56-60-64-75-69(74)63-59-55-51-47-43-16-14-12-10-8-6-4-2/h12,14,57,61,66-67,71-72H,3-11,13,15-56,58-60,62-65H2,1-2H3,(H,70,73)/b14-12-,61-57+. The first-order valence-corrected chi connectivity index (χ1v) is 34.1. The minimum atomic E-state index is -0.841. The van der Waals surface area contributed by atoms with Crippen LogP contribution in [0.2, 0.25) is 0 Å². The molecule has 444 valence electrons. The number of nitrogens with one attached hydrogen (secondary N) is 1. The maximum atomic E-state index is 12.5. The van der Waals surface area contributed by atoms with Crippen molar-refractivity contribution < 1.29 is 24.5 Å². The van der Waals surface area contributed by atoms with Crippen molar-refractivity contribution >= 4 is 11.9 Å². The largest absolute Gasteiger partial charge is 0.466 e. The Bertz CT molecular complexity index is 1170. The van der Waals surface area contributed by atoms with Gasteiger partial charge >= 0.3 is 5.97 Å². The Kier molecular flexibility index (Phi) is 63.4. The molecule has 1 amide bonds. The zero-order valence-electron chi connectivity index (χ0n) is 50.8. The Hall–Kier alpha value is -1.66. The molecule has 0 aliphatic carbocycles. The summed E-state index contributed by atoms with van der Waals surface area (Å²) in [5.74, 6) is -0.0508. The van der Waals surface area contributed by atoms with Crippen LogP contribution in [0.15, 0.2) is 24.3 Å². The van der Waals surface area contributed by atoms with Crippen LogP contribution >= 0.6 is 0 Å². The van der Waals surface area contributed by atoms with Crippen molar-refractivity contribution in [3.63, 3.8) is 0 Å². The van der Waals surface area contributed by atoms with Gasteiger partial charge in [-0.15, -0.1) is 0 Å². The monoisotopic (exact) mass is 1060 g/mol. The van der Waals surface area contributed by atoms with Gasteiger partial charge in [-0.3, -0.25) is 9.59 Å². The number of ether oxygens (including phenoxy) is 1. The van der Waals surface area contributed by atoms with E-state index in [-0.39, 0.29) is 18.5 Å². The third-order valence-corrected chi connectivity index (χ3v) is 16.0. The molecule has 6 nitrogen and oxygen atoms in total. The van der Waals surface area contributed by atoms with Gasteiger partial charge in [0.15, 0.2) is 0 Å². The average molecular weight is 1060 g/mol. The molecule has 3 N–H and O–H groups in total. The van der Waals surface area contributed by atoms with Crippen molar-refractivity contribution in [2.24, 2.45) is 0 Å². The number of carbonyl (C=O) groups excluding carboxylic acids is 2. The fourth-order valence-electron chi connectivity index (χ4n) is 10.7. The van der Waals surface area contributed by atoms with Gasteiger partial charge in [-0.25, -0.2) is 0 Å². The Balaban J connectivity index is 3.34. The van der Waals surface area contributed by atoms with Gasteiger partial charge in [0.05, 0.1) is 25.4 Å². The van der Waals surface area contributed by atoms with Gasteiger partial charge in [0.1, 0.15) is 0 Å². The number of rotatable bonds is 64. The average Bonchev–Trinajstić information content (AvgIpc) is 3.41. The molecule has 0 heterocycles. The number of allylic oxidation sites excluding steroid dienone is 3. The predicted molar refractivity (Wildman–Crippen MR) is 329 cm³/mol. The first-order chi connectivity index (χ1) is 37.0. The smallest absolute Gasteiger partial charge is 0.305 e. The fourth-order valence-corrected chi connectivity index (χ4v) is 10.7. The van der Waals surface area contributed by atoms with Crippen molar-refractivity contribution in [3.05, 3.63) is 24.3 Å². The summed E-state index contributed by atoms with van der Waals surface area (Å²) >= 11 is 0. The van der Waals surface area contributed by atoms with E-state index in [9.17, 15) is 19.8 Å². The van der Waals surface area contributed by atoms with Crippen molar-refractivity contribution in [2.45, 2.75) is 392 Å². The number of unbranched alkanes of at least 4 members (excludes halogenated alkanes) is 51. The molecule has 0 saturated heterocycles. The van der Waals surface area contributed by atoms with E-state index in [4.69, 9.17) is 4.74 Å². The van der Waals surface area contributed by atoms with Crippen molar-refractivity contribution in [2.75, 3.05) is 13.2 Å². The van der Waals surface area contributed by atoms with E-state index in [1.54, 1.807) is 6.08 Å². The molecule has 6 heteroatoms. The minimum Gasteiger partial charge on any atom is -0.466 e. The van der Waals surface area contributed by atoms with Crippen LogP contribution in [0, 0.1) is 0 Å². The van der Waals surface area contributed by atoms with Crippen molar-refractivity contribution in [3.8, 4) is 0 Å². The van der Waals surface area contributed by atoms with E-state index in [1.165, 1.54) is 308 Å². The number of carbonyl (C=O) groups is 2. The van der Waals surface area contributed by atoms with Crippen LogP contribution in [-0.2, 0) is 14.3 Å². The van der Waals surface area contributed by atoms with Crippen LogP contribution < -0.4 is 5.32 Å². The van der Waals surface area contributed by atoms with E-state index < -0.39 is 12.1 Å². The summed E-state index contributed by atoms with van der Waals surface area (Å²) in [5.41, 5.74) is 0. The second-order valence-corrected chi connectivity index (χ2v) is 23.5. The summed E-state index contributed by atoms with van der Waals surface area (Å²) in [5, 5.41) is 23.2. The van der Waals surface area contributed by atoms with Gasteiger partial charge in [0.2, 0.25) is 5.91 Å². The van der Waals surface area contributed by atoms with E-state index in [2.05, 4.69) is 31.3 Å². The van der Waals surface area contributed by atoms with Crippen LogP contribution in [0.25, 0.3) is 0 Å². The lowest BCUT2D eigenvalue weighted by Gasteiger charge is -2.20. The highest BCUT2D eigenvalue weighted by Crippen LogP contribution is 2.19. The van der Waals surface area contributed by atoms with Crippen LogP contribution in [0.5, 0.6) is 0 Å². The van der Waals surface area contributed by atoms with Gasteiger partial charge in [0, 0.05) is 12.8 Å². The first kappa shape index (κ1) is 73.3. The van der Waals surface area contributed by atoms with Gasteiger partial charge < -0.3 is 20.3 Å². The Morgan fingerprint density at radius 3 is 0.973 bits per heavy atom. The van der Waals surface area contributed by atoms with Crippen molar-refractivity contribution in [1.82, 2.24) is 5.32 Å². The van der Waals surface area contributed by atoms with Gasteiger partial charge in [-0.2, -0.15) is 0 Å². The van der Waals surface area contributed by atoms with Crippen LogP contribution in [-0.4, -0.2) is 47.4 Å². The molecule has 0 aliphatic heterocycles. The lowest BCUT2D eigenvalue weighted by molar-refractivity contribution is -0.143. The number of hydrogen-bond donors (Lipinski definition) is 3. The molecule has 0 aromatic heterocycles. The quantitative estimate of drug-likeness (QED) is 0.0320. The molecule has 0 saturated carbocycles. The number of aliphatic hydroxyl groups excluding tert-OH is 2. The first-order valence-electron chi connectivity index (χ1n) is 34.1. The summed E-state index contributed by atoms with van der Waals surface area (Å²) in [7, 11) is 0. The molecular weight excluding hydrogens is 923 g/mol. The van der Waals surface area contributed by atoms with Gasteiger partial charge in [-0.05, 0) is 57.8 Å². The molecule has 2 atom stereocenters. The van der Waals surface area contributed by atoms with Crippen LogP contribution in [0.4, 0.5) is 0 Å². The van der Waals surface area contributed by atoms with E-state index in [0.717, 1.165) is 44.9 Å². The molecule has 0 rings (SSSR count). The zero-order chi connectivity index (χ0) is 54.3. The lowest BCUT2D eigenvalue weighted by atomic mass is 10.0. The second kappa shape index (κ2) is 64.9. The number of amides is 1. The number of hydrogen-bond acceptors (Lipinski definition) is 5. The molecule has 0 bridgehead atoms. The summed E-state index contributed by atoms with van der Waals surface area (Å²) < 4.78 is 5.47. The highest BCUT2D eigenvalue weighted by molar-refractivity contribution is 5.76. The predicted octanol–water partition coefficient (Wildman–Crippen LogP) is 21.8. The molecule has 75 heavy (non-hydrogen) atoms. The summed E-state index contributed by atoms with van der Waals surface area (Å²) in [6, 6.07) is -0.624. The topological polar surface area (TPSA) is 95.9 Å². The van der Waals surface area contributed by atoms with Gasteiger partial charge in [0.25, 0.3) is 0 Å².